The van der Waals surface area contributed by atoms with Gasteiger partial charge in [-0.1, -0.05) is 6.92 Å². The number of aliphatic hydroxyl groups is 1. The van der Waals surface area contributed by atoms with Gasteiger partial charge in [-0.25, -0.2) is 0 Å². The van der Waals surface area contributed by atoms with Crippen molar-refractivity contribution in [1.82, 2.24) is 5.32 Å². The van der Waals surface area contributed by atoms with Gasteiger partial charge in [-0.05, 0) is 13.5 Å². The Bertz CT molecular complexity index is 100. The lowest BCUT2D eigenvalue weighted by molar-refractivity contribution is -0.143. The lowest BCUT2D eigenvalue weighted by Gasteiger charge is -2.18. The molecule has 0 aromatic rings. The Balaban J connectivity index is 3.51. The quantitative estimate of drug-likeness (QED) is 0.550. The van der Waals surface area contributed by atoms with Gasteiger partial charge in [-0.15, -0.1) is 0 Å². The second-order valence-corrected chi connectivity index (χ2v) is 2.58. The fraction of sp³-hybridized carbons (Fsp3) is 1.00. The molecule has 0 aliphatic heterocycles. The zero-order valence-electron chi connectivity index (χ0n) is 8.04. The monoisotopic (exact) mass is 177 g/mol. The topological polar surface area (TPSA) is 50.7 Å². The fourth-order valence-corrected chi connectivity index (χ4v) is 0.782. The average Bonchev–Trinajstić information content (AvgIpc) is 2.11. The molecule has 12 heavy (non-hydrogen) atoms. The predicted octanol–water partition coefficient (Wildman–Crippen LogP) is 0.313. The van der Waals surface area contributed by atoms with Crippen molar-refractivity contribution in [3.05, 3.63) is 0 Å². The maximum Gasteiger partial charge on any atom is 0.160 e. The van der Waals surface area contributed by atoms with E-state index in [9.17, 15) is 5.11 Å². The van der Waals surface area contributed by atoms with E-state index in [1.54, 1.807) is 14.2 Å². The first-order chi connectivity index (χ1) is 5.74. The normalized spacial score (nSPS) is 16.0. The van der Waals surface area contributed by atoms with E-state index in [2.05, 4.69) is 5.32 Å². The SMILES string of the molecule is CCCOC(CC(O)NC)OC. The molecular formula is C8H19NO3. The first kappa shape index (κ1) is 11.8. The summed E-state index contributed by atoms with van der Waals surface area (Å²) in [5, 5.41) is 11.9. The van der Waals surface area contributed by atoms with E-state index in [0.717, 1.165) is 6.42 Å². The summed E-state index contributed by atoms with van der Waals surface area (Å²) in [6.45, 7) is 2.69. The molecule has 4 heteroatoms. The molecule has 0 saturated heterocycles. The van der Waals surface area contributed by atoms with Gasteiger partial charge >= 0.3 is 0 Å². The van der Waals surface area contributed by atoms with Crippen LogP contribution in [0.5, 0.6) is 0 Å². The number of hydrogen-bond donors (Lipinski definition) is 2. The van der Waals surface area contributed by atoms with Gasteiger partial charge in [0, 0.05) is 20.1 Å². The number of aliphatic hydroxyl groups excluding tert-OH is 1. The summed E-state index contributed by atoms with van der Waals surface area (Å²) in [5.74, 6) is 0. The van der Waals surface area contributed by atoms with Crippen LogP contribution in [0.25, 0.3) is 0 Å². The molecule has 74 valence electrons. The van der Waals surface area contributed by atoms with Gasteiger partial charge in [0.05, 0.1) is 0 Å². The fourth-order valence-electron chi connectivity index (χ4n) is 0.782. The molecule has 0 aliphatic carbocycles. The van der Waals surface area contributed by atoms with Crippen LogP contribution in [0.15, 0.2) is 0 Å². The van der Waals surface area contributed by atoms with Crippen molar-refractivity contribution in [2.24, 2.45) is 0 Å². The summed E-state index contributed by atoms with van der Waals surface area (Å²) in [7, 11) is 3.26. The third-order valence-electron chi connectivity index (χ3n) is 1.52. The highest BCUT2D eigenvalue weighted by atomic mass is 16.7. The second kappa shape index (κ2) is 7.49. The van der Waals surface area contributed by atoms with Gasteiger partial charge in [0.1, 0.15) is 6.23 Å². The molecule has 0 spiro atoms. The van der Waals surface area contributed by atoms with Gasteiger partial charge in [-0.3, -0.25) is 5.32 Å². The second-order valence-electron chi connectivity index (χ2n) is 2.58. The van der Waals surface area contributed by atoms with E-state index < -0.39 is 6.23 Å². The van der Waals surface area contributed by atoms with Crippen molar-refractivity contribution >= 4 is 0 Å². The van der Waals surface area contributed by atoms with Crippen LogP contribution < -0.4 is 5.32 Å². The minimum Gasteiger partial charge on any atom is -0.378 e. The first-order valence-corrected chi connectivity index (χ1v) is 4.24. The number of methoxy groups -OCH3 is 1. The summed E-state index contributed by atoms with van der Waals surface area (Å²) < 4.78 is 10.3. The lowest BCUT2D eigenvalue weighted by Crippen LogP contribution is -2.31. The molecule has 0 heterocycles. The highest BCUT2D eigenvalue weighted by Crippen LogP contribution is 2.02. The largest absolute Gasteiger partial charge is 0.378 e. The van der Waals surface area contributed by atoms with Gasteiger partial charge in [0.25, 0.3) is 0 Å². The maximum absolute atomic E-state index is 9.19. The van der Waals surface area contributed by atoms with E-state index in [-0.39, 0.29) is 6.29 Å². The zero-order valence-corrected chi connectivity index (χ0v) is 8.04. The Morgan fingerprint density at radius 1 is 1.50 bits per heavy atom. The average molecular weight is 177 g/mol. The van der Waals surface area contributed by atoms with Crippen LogP contribution >= 0.6 is 0 Å². The molecule has 0 rings (SSSR count). The third kappa shape index (κ3) is 5.49. The molecule has 0 radical (unpaired) electrons. The molecular weight excluding hydrogens is 158 g/mol. The summed E-state index contributed by atoms with van der Waals surface area (Å²) in [6.07, 6.45) is 0.530. The van der Waals surface area contributed by atoms with E-state index in [1.165, 1.54) is 0 Å². The molecule has 4 nitrogen and oxygen atoms in total. The predicted molar refractivity (Wildman–Crippen MR) is 46.7 cm³/mol. The summed E-state index contributed by atoms with van der Waals surface area (Å²) >= 11 is 0. The summed E-state index contributed by atoms with van der Waals surface area (Å²) in [4.78, 5) is 0. The van der Waals surface area contributed by atoms with Gasteiger partial charge in [-0.2, -0.15) is 0 Å². The van der Waals surface area contributed by atoms with Crippen molar-refractivity contribution in [2.75, 3.05) is 20.8 Å². The summed E-state index contributed by atoms with van der Waals surface area (Å²) in [6, 6.07) is 0. The molecule has 0 bridgehead atoms. The minimum absolute atomic E-state index is 0.313. The lowest BCUT2D eigenvalue weighted by atomic mass is 10.3. The molecule has 2 atom stereocenters. The Kier molecular flexibility index (Phi) is 7.39. The Morgan fingerprint density at radius 2 is 2.17 bits per heavy atom. The van der Waals surface area contributed by atoms with E-state index in [0.29, 0.717) is 13.0 Å². The van der Waals surface area contributed by atoms with E-state index in [4.69, 9.17) is 9.47 Å². The van der Waals surface area contributed by atoms with Crippen LogP contribution in [-0.2, 0) is 9.47 Å². The maximum atomic E-state index is 9.19. The Labute approximate surface area is 73.9 Å². The van der Waals surface area contributed by atoms with E-state index in [1.807, 2.05) is 6.92 Å². The Morgan fingerprint density at radius 3 is 2.58 bits per heavy atom. The van der Waals surface area contributed by atoms with Crippen molar-refractivity contribution < 1.29 is 14.6 Å². The standard InChI is InChI=1S/C8H19NO3/c1-4-5-12-8(11-3)6-7(10)9-2/h7-10H,4-6H2,1-3H3. The molecule has 0 aliphatic rings. The van der Waals surface area contributed by atoms with Gasteiger partial charge in [0.2, 0.25) is 0 Å². The highest BCUT2D eigenvalue weighted by Gasteiger charge is 2.11. The van der Waals surface area contributed by atoms with Gasteiger partial charge in [0.15, 0.2) is 6.29 Å². The number of hydrogen-bond acceptors (Lipinski definition) is 4. The van der Waals surface area contributed by atoms with Crippen molar-refractivity contribution in [3.63, 3.8) is 0 Å². The molecule has 0 aromatic carbocycles. The van der Waals surface area contributed by atoms with Crippen LogP contribution in [0.3, 0.4) is 0 Å². The number of ether oxygens (including phenoxy) is 2. The van der Waals surface area contributed by atoms with Crippen molar-refractivity contribution in [3.8, 4) is 0 Å². The zero-order chi connectivity index (χ0) is 9.40. The van der Waals surface area contributed by atoms with Crippen LogP contribution in [0.2, 0.25) is 0 Å². The van der Waals surface area contributed by atoms with Crippen LogP contribution in [0.1, 0.15) is 19.8 Å². The third-order valence-corrected chi connectivity index (χ3v) is 1.52. The number of nitrogens with one attached hydrogen (secondary N) is 1. The molecule has 2 unspecified atom stereocenters. The summed E-state index contributed by atoms with van der Waals surface area (Å²) in [5.41, 5.74) is 0. The van der Waals surface area contributed by atoms with Crippen LogP contribution in [0, 0.1) is 0 Å². The van der Waals surface area contributed by atoms with Gasteiger partial charge < -0.3 is 14.6 Å². The van der Waals surface area contributed by atoms with Crippen molar-refractivity contribution in [1.29, 1.82) is 0 Å². The Hall–Kier alpha value is -0.160. The highest BCUT2D eigenvalue weighted by molar-refractivity contribution is 4.52. The van der Waals surface area contributed by atoms with Crippen LogP contribution in [0.4, 0.5) is 0 Å². The molecule has 0 aromatic heterocycles. The van der Waals surface area contributed by atoms with Crippen LogP contribution in [-0.4, -0.2) is 38.4 Å². The molecule has 0 fully saturated rings. The first-order valence-electron chi connectivity index (χ1n) is 4.24. The molecule has 0 amide bonds. The smallest absolute Gasteiger partial charge is 0.160 e. The number of rotatable bonds is 7. The minimum atomic E-state index is -0.563. The molecule has 2 N–H and O–H groups in total. The van der Waals surface area contributed by atoms with E-state index >= 15 is 0 Å². The van der Waals surface area contributed by atoms with Crippen molar-refractivity contribution in [2.45, 2.75) is 32.3 Å². The molecule has 0 saturated carbocycles.